The number of aromatic nitrogens is 2. The molecule has 0 fully saturated rings. The van der Waals surface area contributed by atoms with Crippen molar-refractivity contribution in [3.63, 3.8) is 0 Å². The first-order chi connectivity index (χ1) is 9.81. The van der Waals surface area contributed by atoms with Crippen molar-refractivity contribution in [1.82, 2.24) is 9.78 Å². The number of ketones is 1. The smallest absolute Gasteiger partial charge is 0.211 e. The maximum atomic E-state index is 12.8. The lowest BCUT2D eigenvalue weighted by molar-refractivity contribution is 0.102. The number of rotatable bonds is 4. The molecule has 1 aromatic carbocycles. The molecule has 0 radical (unpaired) electrons. The molecule has 2 aromatic rings. The summed E-state index contributed by atoms with van der Waals surface area (Å²) in [6.45, 7) is 3.85. The highest BCUT2D eigenvalue weighted by Crippen LogP contribution is 2.27. The van der Waals surface area contributed by atoms with E-state index in [4.69, 9.17) is 0 Å². The molecule has 0 aliphatic carbocycles. The van der Waals surface area contributed by atoms with Gasteiger partial charge in [-0.15, -0.1) is 0 Å². The summed E-state index contributed by atoms with van der Waals surface area (Å²) in [4.78, 5) is 12.8. The fraction of sp³-hybridized carbons (Fsp3) is 0.375. The van der Waals surface area contributed by atoms with E-state index in [-0.39, 0.29) is 5.78 Å². The molecule has 104 valence electrons. The van der Waals surface area contributed by atoms with Crippen LogP contribution >= 0.6 is 0 Å². The molecule has 0 bridgehead atoms. The molecule has 1 aliphatic heterocycles. The molecule has 0 saturated heterocycles. The zero-order chi connectivity index (χ0) is 13.9. The van der Waals surface area contributed by atoms with E-state index < -0.39 is 0 Å². The number of nitrogens with one attached hydrogen (secondary N) is 1. The van der Waals surface area contributed by atoms with Crippen molar-refractivity contribution in [1.29, 1.82) is 0 Å². The molecule has 4 nitrogen and oxygen atoms in total. The highest BCUT2D eigenvalue weighted by molar-refractivity contribution is 6.09. The molecule has 4 heteroatoms. The van der Waals surface area contributed by atoms with Gasteiger partial charge in [0.05, 0.1) is 0 Å². The largest absolute Gasteiger partial charge is 0.385 e. The Hall–Kier alpha value is -2.10. The van der Waals surface area contributed by atoms with Crippen molar-refractivity contribution in [2.24, 2.45) is 0 Å². The molecule has 1 N–H and O–H groups in total. The Kier molecular flexibility index (Phi) is 3.54. The zero-order valence-electron chi connectivity index (χ0n) is 11.7. The third-order valence-electron chi connectivity index (χ3n) is 3.72. The Balaban J connectivity index is 2.00. The summed E-state index contributed by atoms with van der Waals surface area (Å²) in [6, 6.07) is 7.74. The molecule has 0 saturated carbocycles. The average molecular weight is 269 g/mol. The van der Waals surface area contributed by atoms with Crippen LogP contribution in [0.1, 0.15) is 41.4 Å². The highest BCUT2D eigenvalue weighted by Gasteiger charge is 2.20. The van der Waals surface area contributed by atoms with Gasteiger partial charge in [-0.25, -0.2) is 0 Å². The summed E-state index contributed by atoms with van der Waals surface area (Å²) >= 11 is 0. The van der Waals surface area contributed by atoms with E-state index in [2.05, 4.69) is 23.4 Å². The number of hydrogen-bond acceptors (Lipinski definition) is 3. The number of fused-ring (bicyclic) bond motifs is 1. The molecular formula is C16H19N3O. The minimum atomic E-state index is 0.0801. The van der Waals surface area contributed by atoms with E-state index in [1.165, 1.54) is 0 Å². The monoisotopic (exact) mass is 269 g/mol. The summed E-state index contributed by atoms with van der Waals surface area (Å²) in [5.41, 5.74) is 3.75. The summed E-state index contributed by atoms with van der Waals surface area (Å²) in [5, 5.41) is 7.61. The van der Waals surface area contributed by atoms with Gasteiger partial charge in [-0.05, 0) is 37.0 Å². The summed E-state index contributed by atoms with van der Waals surface area (Å²) < 4.78 is 1.80. The van der Waals surface area contributed by atoms with E-state index in [1.807, 2.05) is 18.2 Å². The van der Waals surface area contributed by atoms with Crippen LogP contribution < -0.4 is 5.32 Å². The van der Waals surface area contributed by atoms with Gasteiger partial charge in [-0.1, -0.05) is 19.1 Å². The van der Waals surface area contributed by atoms with E-state index >= 15 is 0 Å². The van der Waals surface area contributed by atoms with Crippen LogP contribution in [0.15, 0.2) is 30.5 Å². The van der Waals surface area contributed by atoms with E-state index in [9.17, 15) is 4.79 Å². The number of hydrogen-bond donors (Lipinski definition) is 1. The molecule has 1 aromatic heterocycles. The fourth-order valence-corrected chi connectivity index (χ4v) is 2.78. The topological polar surface area (TPSA) is 46.9 Å². The van der Waals surface area contributed by atoms with Crippen LogP contribution in [0.5, 0.6) is 0 Å². The molecule has 0 atom stereocenters. The molecule has 0 unspecified atom stereocenters. The first-order valence-electron chi connectivity index (χ1n) is 7.23. The van der Waals surface area contributed by atoms with Gasteiger partial charge in [0, 0.05) is 30.5 Å². The van der Waals surface area contributed by atoms with Crippen LogP contribution in [-0.4, -0.2) is 22.1 Å². The fourth-order valence-electron chi connectivity index (χ4n) is 2.78. The van der Waals surface area contributed by atoms with Crippen LogP contribution in [0.2, 0.25) is 0 Å². The van der Waals surface area contributed by atoms with Crippen molar-refractivity contribution >= 4 is 11.5 Å². The van der Waals surface area contributed by atoms with Crippen molar-refractivity contribution in [3.05, 3.63) is 47.3 Å². The van der Waals surface area contributed by atoms with E-state index in [0.717, 1.165) is 49.2 Å². The SMILES string of the molecule is CCCn1nccc1C(=O)c1cccc2c1CCCN2. The van der Waals surface area contributed by atoms with Crippen LogP contribution in [0.3, 0.4) is 0 Å². The molecule has 0 amide bonds. The van der Waals surface area contributed by atoms with Gasteiger partial charge in [-0.2, -0.15) is 5.10 Å². The quantitative estimate of drug-likeness (QED) is 0.868. The van der Waals surface area contributed by atoms with Gasteiger partial charge in [0.25, 0.3) is 0 Å². The highest BCUT2D eigenvalue weighted by atomic mass is 16.1. The number of carbonyl (C=O) groups is 1. The van der Waals surface area contributed by atoms with Crippen molar-refractivity contribution in [2.75, 3.05) is 11.9 Å². The van der Waals surface area contributed by atoms with Gasteiger partial charge in [0.2, 0.25) is 5.78 Å². The minimum Gasteiger partial charge on any atom is -0.385 e. The van der Waals surface area contributed by atoms with Crippen LogP contribution in [-0.2, 0) is 13.0 Å². The maximum Gasteiger partial charge on any atom is 0.211 e. The normalized spacial score (nSPS) is 13.7. The van der Waals surface area contributed by atoms with Gasteiger partial charge in [0.15, 0.2) is 0 Å². The predicted molar refractivity (Wildman–Crippen MR) is 79.2 cm³/mol. The predicted octanol–water partition coefficient (Wildman–Crippen LogP) is 2.88. The number of nitrogens with zero attached hydrogens (tertiary/aromatic N) is 2. The first-order valence-corrected chi connectivity index (χ1v) is 7.23. The Morgan fingerprint density at radius 3 is 3.15 bits per heavy atom. The second kappa shape index (κ2) is 5.49. The molecule has 0 spiro atoms. The summed E-state index contributed by atoms with van der Waals surface area (Å²) in [7, 11) is 0. The second-order valence-electron chi connectivity index (χ2n) is 5.13. The summed E-state index contributed by atoms with van der Waals surface area (Å²) in [6.07, 6.45) is 4.71. The lowest BCUT2D eigenvalue weighted by atomic mass is 9.94. The standard InChI is InChI=1S/C16H19N3O/c1-2-11-19-15(8-10-18-19)16(20)13-5-3-7-14-12(13)6-4-9-17-14/h3,5,7-8,10,17H,2,4,6,9,11H2,1H3. The van der Waals surface area contributed by atoms with Gasteiger partial charge >= 0.3 is 0 Å². The Morgan fingerprint density at radius 1 is 1.40 bits per heavy atom. The van der Waals surface area contributed by atoms with Crippen molar-refractivity contribution in [2.45, 2.75) is 32.7 Å². The van der Waals surface area contributed by atoms with Crippen molar-refractivity contribution in [3.8, 4) is 0 Å². The van der Waals surface area contributed by atoms with Crippen LogP contribution in [0, 0.1) is 0 Å². The first kappa shape index (κ1) is 12.9. The number of carbonyl (C=O) groups excluding carboxylic acids is 1. The Morgan fingerprint density at radius 2 is 2.30 bits per heavy atom. The maximum absolute atomic E-state index is 12.8. The third-order valence-corrected chi connectivity index (χ3v) is 3.72. The summed E-state index contributed by atoms with van der Waals surface area (Å²) in [5.74, 6) is 0.0801. The molecular weight excluding hydrogens is 250 g/mol. The Labute approximate surface area is 118 Å². The molecule has 3 rings (SSSR count). The molecule has 1 aliphatic rings. The lowest BCUT2D eigenvalue weighted by Gasteiger charge is -2.20. The molecule has 2 heterocycles. The number of aryl methyl sites for hydroxylation is 1. The van der Waals surface area contributed by atoms with E-state index in [0.29, 0.717) is 5.69 Å². The number of benzene rings is 1. The molecule has 20 heavy (non-hydrogen) atoms. The zero-order valence-corrected chi connectivity index (χ0v) is 11.7. The van der Waals surface area contributed by atoms with E-state index in [1.54, 1.807) is 10.9 Å². The average Bonchev–Trinajstić information content (AvgIpc) is 2.94. The third kappa shape index (κ3) is 2.22. The van der Waals surface area contributed by atoms with Crippen LogP contribution in [0.4, 0.5) is 5.69 Å². The lowest BCUT2D eigenvalue weighted by Crippen LogP contribution is -2.18. The minimum absolute atomic E-state index is 0.0801. The van der Waals surface area contributed by atoms with Crippen LogP contribution in [0.25, 0.3) is 0 Å². The van der Waals surface area contributed by atoms with Gasteiger partial charge in [0.1, 0.15) is 5.69 Å². The van der Waals surface area contributed by atoms with Gasteiger partial charge in [-0.3, -0.25) is 9.48 Å². The van der Waals surface area contributed by atoms with Crippen molar-refractivity contribution < 1.29 is 4.79 Å². The Bertz CT molecular complexity index is 630. The number of anilines is 1. The second-order valence-corrected chi connectivity index (χ2v) is 5.13. The van der Waals surface area contributed by atoms with Gasteiger partial charge < -0.3 is 5.32 Å².